The van der Waals surface area contributed by atoms with Crippen molar-refractivity contribution in [3.8, 4) is 5.69 Å². The smallest absolute Gasteiger partial charge is 0.267 e. The van der Waals surface area contributed by atoms with Crippen molar-refractivity contribution in [3.05, 3.63) is 83.2 Å². The van der Waals surface area contributed by atoms with Crippen LogP contribution in [-0.4, -0.2) is 26.6 Å². The Bertz CT molecular complexity index is 1270. The molecule has 0 fully saturated rings. The Labute approximate surface area is 161 Å². The van der Waals surface area contributed by atoms with Gasteiger partial charge in [-0.25, -0.2) is 14.6 Å². The van der Waals surface area contributed by atoms with Crippen molar-refractivity contribution in [3.63, 3.8) is 0 Å². The minimum absolute atomic E-state index is 0.313. The third-order valence-electron chi connectivity index (χ3n) is 4.98. The van der Waals surface area contributed by atoms with Gasteiger partial charge in [0.2, 0.25) is 0 Å². The first-order valence-corrected chi connectivity index (χ1v) is 8.95. The normalized spacial score (nSPS) is 13.4. The lowest BCUT2D eigenvalue weighted by atomic mass is 10.1. The molecule has 0 radical (unpaired) electrons. The zero-order valence-electron chi connectivity index (χ0n) is 15.4. The van der Waals surface area contributed by atoms with Crippen LogP contribution in [0.5, 0.6) is 0 Å². The number of para-hydroxylation sites is 1. The van der Waals surface area contributed by atoms with Gasteiger partial charge in [-0.1, -0.05) is 30.3 Å². The van der Waals surface area contributed by atoms with E-state index in [9.17, 15) is 9.59 Å². The number of nitrogens with zero attached hydrogens (tertiary/aromatic N) is 4. The molecule has 0 bridgehead atoms. The lowest BCUT2D eigenvalue weighted by Gasteiger charge is -2.13. The molecule has 3 heterocycles. The fourth-order valence-electron chi connectivity index (χ4n) is 3.71. The maximum absolute atomic E-state index is 13.2. The molecule has 0 unspecified atom stereocenters. The van der Waals surface area contributed by atoms with Gasteiger partial charge in [-0.15, -0.1) is 0 Å². The van der Waals surface area contributed by atoms with E-state index in [1.807, 2.05) is 44.2 Å². The van der Waals surface area contributed by atoms with Gasteiger partial charge < -0.3 is 0 Å². The molecular formula is C22H16N4O2. The topological polar surface area (TPSA) is 68.1 Å². The van der Waals surface area contributed by atoms with E-state index >= 15 is 0 Å². The maximum Gasteiger partial charge on any atom is 0.267 e. The van der Waals surface area contributed by atoms with E-state index in [0.717, 1.165) is 11.3 Å². The van der Waals surface area contributed by atoms with E-state index in [2.05, 4.69) is 10.1 Å². The SMILES string of the molecule is Cc1cccc(-n2nc(C)c3c4c(cnc32)C(=O)N(c2ccccc2)C4=O)c1. The molecule has 0 saturated heterocycles. The number of benzene rings is 2. The summed E-state index contributed by atoms with van der Waals surface area (Å²) < 4.78 is 1.72. The molecule has 0 spiro atoms. The quantitative estimate of drug-likeness (QED) is 0.504. The van der Waals surface area contributed by atoms with Crippen LogP contribution < -0.4 is 4.90 Å². The molecule has 2 amide bonds. The summed E-state index contributed by atoms with van der Waals surface area (Å²) in [5.41, 5.74) is 4.42. The molecule has 28 heavy (non-hydrogen) atoms. The number of carbonyl (C=O) groups is 2. The number of rotatable bonds is 2. The molecule has 0 atom stereocenters. The number of carbonyl (C=O) groups excluding carboxylic acids is 2. The lowest BCUT2D eigenvalue weighted by molar-refractivity contribution is 0.0926. The minimum Gasteiger partial charge on any atom is -0.268 e. The highest BCUT2D eigenvalue weighted by Gasteiger charge is 2.39. The summed E-state index contributed by atoms with van der Waals surface area (Å²) in [6, 6.07) is 16.8. The molecule has 1 aliphatic heterocycles. The molecule has 1 aliphatic rings. The fourth-order valence-corrected chi connectivity index (χ4v) is 3.71. The van der Waals surface area contributed by atoms with Crippen LogP contribution in [0.2, 0.25) is 0 Å². The molecule has 0 aliphatic carbocycles. The van der Waals surface area contributed by atoms with Crippen LogP contribution in [0.4, 0.5) is 5.69 Å². The number of fused-ring (bicyclic) bond motifs is 3. The van der Waals surface area contributed by atoms with Gasteiger partial charge >= 0.3 is 0 Å². The molecule has 2 aromatic carbocycles. The molecule has 2 aromatic heterocycles. The van der Waals surface area contributed by atoms with Crippen LogP contribution in [-0.2, 0) is 0 Å². The summed E-state index contributed by atoms with van der Waals surface area (Å²) in [7, 11) is 0. The van der Waals surface area contributed by atoms with Crippen LogP contribution in [0.25, 0.3) is 16.7 Å². The third kappa shape index (κ3) is 2.21. The van der Waals surface area contributed by atoms with Gasteiger partial charge in [0.05, 0.1) is 33.6 Å². The first kappa shape index (κ1) is 16.4. The summed E-state index contributed by atoms with van der Waals surface area (Å²) in [5.74, 6) is -0.700. The zero-order valence-corrected chi connectivity index (χ0v) is 15.4. The second kappa shape index (κ2) is 5.85. The van der Waals surface area contributed by atoms with Gasteiger partial charge in [-0.2, -0.15) is 5.10 Å². The van der Waals surface area contributed by atoms with Crippen molar-refractivity contribution < 1.29 is 9.59 Å². The number of aryl methyl sites for hydroxylation is 2. The van der Waals surface area contributed by atoms with Crippen molar-refractivity contribution in [1.82, 2.24) is 14.8 Å². The summed E-state index contributed by atoms with van der Waals surface area (Å²) in [6.07, 6.45) is 1.48. The summed E-state index contributed by atoms with van der Waals surface area (Å²) in [4.78, 5) is 31.8. The molecule has 6 heteroatoms. The van der Waals surface area contributed by atoms with Gasteiger partial charge in [0, 0.05) is 6.20 Å². The zero-order chi connectivity index (χ0) is 19.4. The van der Waals surface area contributed by atoms with Gasteiger partial charge in [0.25, 0.3) is 11.8 Å². The molecule has 6 nitrogen and oxygen atoms in total. The van der Waals surface area contributed by atoms with Gasteiger partial charge in [0.15, 0.2) is 5.65 Å². The fraction of sp³-hybridized carbons (Fsp3) is 0.0909. The van der Waals surface area contributed by atoms with Crippen molar-refractivity contribution >= 4 is 28.5 Å². The number of aromatic nitrogens is 3. The average Bonchev–Trinajstić information content (AvgIpc) is 3.17. The number of hydrogen-bond acceptors (Lipinski definition) is 4. The largest absolute Gasteiger partial charge is 0.268 e. The Hall–Kier alpha value is -3.80. The van der Waals surface area contributed by atoms with Crippen molar-refractivity contribution in [2.45, 2.75) is 13.8 Å². The predicted octanol–water partition coefficient (Wildman–Crippen LogP) is 3.84. The standard InChI is InChI=1S/C22H16N4O2/c1-13-7-6-10-16(11-13)26-20-18(14(2)24-26)19-17(12-23-20)21(27)25(22(19)28)15-8-4-3-5-9-15/h3-12H,1-2H3. The molecule has 5 rings (SSSR count). The first-order chi connectivity index (χ1) is 13.6. The number of hydrogen-bond donors (Lipinski definition) is 0. The van der Waals surface area contributed by atoms with E-state index in [1.165, 1.54) is 11.1 Å². The van der Waals surface area contributed by atoms with E-state index in [4.69, 9.17) is 0 Å². The molecule has 0 saturated carbocycles. The van der Waals surface area contributed by atoms with Crippen LogP contribution in [0.15, 0.2) is 60.8 Å². The van der Waals surface area contributed by atoms with Gasteiger partial charge in [-0.3, -0.25) is 9.59 Å². The van der Waals surface area contributed by atoms with Crippen molar-refractivity contribution in [1.29, 1.82) is 0 Å². The van der Waals surface area contributed by atoms with Gasteiger partial charge in [-0.05, 0) is 43.7 Å². The van der Waals surface area contributed by atoms with Gasteiger partial charge in [0.1, 0.15) is 0 Å². The van der Waals surface area contributed by atoms with E-state index in [-0.39, 0.29) is 11.8 Å². The summed E-state index contributed by atoms with van der Waals surface area (Å²) in [5, 5.41) is 5.23. The number of anilines is 1. The first-order valence-electron chi connectivity index (χ1n) is 8.95. The van der Waals surface area contributed by atoms with Crippen molar-refractivity contribution in [2.24, 2.45) is 0 Å². The molecular weight excluding hydrogens is 352 g/mol. The summed E-state index contributed by atoms with van der Waals surface area (Å²) >= 11 is 0. The third-order valence-corrected chi connectivity index (χ3v) is 4.98. The Morgan fingerprint density at radius 3 is 2.36 bits per heavy atom. The highest BCUT2D eigenvalue weighted by atomic mass is 16.2. The minimum atomic E-state index is -0.358. The van der Waals surface area contributed by atoms with Crippen LogP contribution in [0, 0.1) is 13.8 Å². The molecule has 136 valence electrons. The average molecular weight is 368 g/mol. The van der Waals surface area contributed by atoms with Crippen LogP contribution >= 0.6 is 0 Å². The number of amides is 2. The van der Waals surface area contributed by atoms with E-state index < -0.39 is 0 Å². The number of imide groups is 1. The second-order valence-corrected chi connectivity index (χ2v) is 6.86. The van der Waals surface area contributed by atoms with E-state index in [1.54, 1.807) is 28.9 Å². The Kier molecular flexibility index (Phi) is 3.42. The van der Waals surface area contributed by atoms with Crippen molar-refractivity contribution in [2.75, 3.05) is 4.90 Å². The Balaban J connectivity index is 1.74. The Morgan fingerprint density at radius 1 is 0.857 bits per heavy atom. The maximum atomic E-state index is 13.2. The van der Waals surface area contributed by atoms with Crippen LogP contribution in [0.3, 0.4) is 0 Å². The molecule has 0 N–H and O–H groups in total. The predicted molar refractivity (Wildman–Crippen MR) is 106 cm³/mol. The lowest BCUT2D eigenvalue weighted by Crippen LogP contribution is -2.29. The van der Waals surface area contributed by atoms with Crippen LogP contribution in [0.1, 0.15) is 32.0 Å². The highest BCUT2D eigenvalue weighted by molar-refractivity contribution is 6.37. The monoisotopic (exact) mass is 368 g/mol. The van der Waals surface area contributed by atoms with E-state index in [0.29, 0.717) is 33.5 Å². The molecule has 4 aromatic rings. The second-order valence-electron chi connectivity index (χ2n) is 6.86. The summed E-state index contributed by atoms with van der Waals surface area (Å²) in [6.45, 7) is 3.84. The highest BCUT2D eigenvalue weighted by Crippen LogP contribution is 2.34. The Morgan fingerprint density at radius 2 is 1.61 bits per heavy atom. The number of pyridine rings is 1.